The molecule has 2 nitrogen and oxygen atoms in total. The maximum Gasteiger partial charge on any atom is 0.314 e. The zero-order chi connectivity index (χ0) is 8.43. The molecular formula is C9H12O2. The van der Waals surface area contributed by atoms with Gasteiger partial charge in [-0.2, -0.15) is 0 Å². The summed E-state index contributed by atoms with van der Waals surface area (Å²) in [5, 5.41) is 8.74. The molecule has 0 spiro atoms. The van der Waals surface area contributed by atoms with Crippen LogP contribution >= 0.6 is 0 Å². The zero-order valence-electron chi connectivity index (χ0n) is 6.79. The number of hydrogen-bond acceptors (Lipinski definition) is 1. The van der Waals surface area contributed by atoms with Gasteiger partial charge in [-0.1, -0.05) is 23.3 Å². The van der Waals surface area contributed by atoms with Crippen LogP contribution in [-0.2, 0) is 4.79 Å². The largest absolute Gasteiger partial charge is 0.481 e. The number of carboxylic acids is 1. The maximum absolute atomic E-state index is 10.6. The Labute approximate surface area is 66.2 Å². The van der Waals surface area contributed by atoms with Gasteiger partial charge in [0.2, 0.25) is 0 Å². The average molecular weight is 152 g/mol. The highest BCUT2D eigenvalue weighted by atomic mass is 16.4. The Morgan fingerprint density at radius 1 is 1.64 bits per heavy atom. The first-order chi connectivity index (χ1) is 5.11. The lowest BCUT2D eigenvalue weighted by Gasteiger charge is -2.14. The molecule has 1 aliphatic rings. The standard InChI is InChI=1S/C9H12O2/c1-6-3-4-7(2)8(5-6)9(10)11/h4-5,8H,3H2,1-2H3,(H,10,11). The molecular weight excluding hydrogens is 140 g/mol. The predicted molar refractivity (Wildman–Crippen MR) is 43.3 cm³/mol. The van der Waals surface area contributed by atoms with Crippen LogP contribution in [0.3, 0.4) is 0 Å². The second-order valence-electron chi connectivity index (χ2n) is 2.98. The van der Waals surface area contributed by atoms with Crippen molar-refractivity contribution in [2.75, 3.05) is 0 Å². The normalized spacial score (nSPS) is 24.0. The summed E-state index contributed by atoms with van der Waals surface area (Å²) >= 11 is 0. The van der Waals surface area contributed by atoms with E-state index in [0.717, 1.165) is 17.6 Å². The number of rotatable bonds is 1. The lowest BCUT2D eigenvalue weighted by Crippen LogP contribution is -2.14. The fraction of sp³-hybridized carbons (Fsp3) is 0.444. The van der Waals surface area contributed by atoms with Crippen molar-refractivity contribution in [2.45, 2.75) is 20.3 Å². The molecule has 0 saturated heterocycles. The van der Waals surface area contributed by atoms with Gasteiger partial charge >= 0.3 is 5.97 Å². The van der Waals surface area contributed by atoms with Crippen LogP contribution in [-0.4, -0.2) is 11.1 Å². The monoisotopic (exact) mass is 152 g/mol. The van der Waals surface area contributed by atoms with E-state index in [9.17, 15) is 4.79 Å². The Bertz CT molecular complexity index is 236. The molecule has 2 heteroatoms. The van der Waals surface area contributed by atoms with Gasteiger partial charge in [-0.25, -0.2) is 0 Å². The van der Waals surface area contributed by atoms with Crippen molar-refractivity contribution < 1.29 is 9.90 Å². The van der Waals surface area contributed by atoms with Crippen LogP contribution in [0.4, 0.5) is 0 Å². The smallest absolute Gasteiger partial charge is 0.314 e. The van der Waals surface area contributed by atoms with Gasteiger partial charge in [-0.3, -0.25) is 4.79 Å². The van der Waals surface area contributed by atoms with Gasteiger partial charge in [0.15, 0.2) is 0 Å². The Morgan fingerprint density at radius 3 is 2.73 bits per heavy atom. The molecule has 0 heterocycles. The van der Waals surface area contributed by atoms with Crippen molar-refractivity contribution in [3.63, 3.8) is 0 Å². The third-order valence-electron chi connectivity index (χ3n) is 1.95. The second-order valence-corrected chi connectivity index (χ2v) is 2.98. The molecule has 11 heavy (non-hydrogen) atoms. The minimum Gasteiger partial charge on any atom is -0.481 e. The van der Waals surface area contributed by atoms with Crippen molar-refractivity contribution >= 4 is 5.97 Å². The van der Waals surface area contributed by atoms with Gasteiger partial charge in [0.05, 0.1) is 5.92 Å². The summed E-state index contributed by atoms with van der Waals surface area (Å²) in [4.78, 5) is 10.6. The molecule has 0 saturated carbocycles. The quantitative estimate of drug-likeness (QED) is 0.583. The van der Waals surface area contributed by atoms with E-state index in [1.54, 1.807) is 0 Å². The fourth-order valence-electron chi connectivity index (χ4n) is 1.20. The van der Waals surface area contributed by atoms with Crippen LogP contribution in [0.15, 0.2) is 23.3 Å². The van der Waals surface area contributed by atoms with E-state index in [4.69, 9.17) is 5.11 Å². The SMILES string of the molecule is CC1=CC(C(=O)O)C(C)=CC1. The molecule has 0 aromatic carbocycles. The number of aliphatic carboxylic acids is 1. The molecule has 1 unspecified atom stereocenters. The minimum atomic E-state index is -0.752. The molecule has 0 aliphatic heterocycles. The Morgan fingerprint density at radius 2 is 2.27 bits per heavy atom. The van der Waals surface area contributed by atoms with Gasteiger partial charge in [-0.05, 0) is 20.3 Å². The van der Waals surface area contributed by atoms with E-state index >= 15 is 0 Å². The highest BCUT2D eigenvalue weighted by molar-refractivity contribution is 5.76. The number of carbonyl (C=O) groups is 1. The molecule has 1 atom stereocenters. The first-order valence-electron chi connectivity index (χ1n) is 3.68. The average Bonchev–Trinajstić information content (AvgIpc) is 1.94. The molecule has 0 aromatic heterocycles. The summed E-state index contributed by atoms with van der Waals surface area (Å²) < 4.78 is 0. The van der Waals surface area contributed by atoms with Gasteiger partial charge in [0.1, 0.15) is 0 Å². The van der Waals surface area contributed by atoms with E-state index < -0.39 is 5.97 Å². The van der Waals surface area contributed by atoms with Crippen LogP contribution in [0.2, 0.25) is 0 Å². The van der Waals surface area contributed by atoms with E-state index in [1.165, 1.54) is 0 Å². The van der Waals surface area contributed by atoms with E-state index in [1.807, 2.05) is 26.0 Å². The van der Waals surface area contributed by atoms with E-state index in [2.05, 4.69) is 0 Å². The van der Waals surface area contributed by atoms with Crippen molar-refractivity contribution in [3.8, 4) is 0 Å². The van der Waals surface area contributed by atoms with Gasteiger partial charge in [-0.15, -0.1) is 0 Å². The third kappa shape index (κ3) is 1.70. The third-order valence-corrected chi connectivity index (χ3v) is 1.95. The highest BCUT2D eigenvalue weighted by Crippen LogP contribution is 2.22. The Balaban J connectivity index is 2.84. The van der Waals surface area contributed by atoms with Crippen molar-refractivity contribution in [3.05, 3.63) is 23.3 Å². The maximum atomic E-state index is 10.6. The van der Waals surface area contributed by atoms with Crippen molar-refractivity contribution in [1.29, 1.82) is 0 Å². The predicted octanol–water partition coefficient (Wildman–Crippen LogP) is 1.98. The van der Waals surface area contributed by atoms with Crippen molar-refractivity contribution in [2.24, 2.45) is 5.92 Å². The molecule has 0 fully saturated rings. The van der Waals surface area contributed by atoms with Crippen LogP contribution in [0.1, 0.15) is 20.3 Å². The Hall–Kier alpha value is -1.05. The molecule has 1 aliphatic carbocycles. The summed E-state index contributed by atoms with van der Waals surface area (Å²) in [6.07, 6.45) is 4.70. The van der Waals surface area contributed by atoms with Gasteiger partial charge in [0.25, 0.3) is 0 Å². The highest BCUT2D eigenvalue weighted by Gasteiger charge is 2.18. The summed E-state index contributed by atoms with van der Waals surface area (Å²) in [5.74, 6) is -1.14. The summed E-state index contributed by atoms with van der Waals surface area (Å²) in [6, 6.07) is 0. The molecule has 0 bridgehead atoms. The molecule has 1 rings (SSSR count). The van der Waals surface area contributed by atoms with Gasteiger partial charge in [0, 0.05) is 0 Å². The Kier molecular flexibility index (Phi) is 2.13. The summed E-state index contributed by atoms with van der Waals surface area (Å²) in [6.45, 7) is 3.82. The molecule has 0 aromatic rings. The lowest BCUT2D eigenvalue weighted by molar-refractivity contribution is -0.138. The summed E-state index contributed by atoms with van der Waals surface area (Å²) in [5.41, 5.74) is 2.09. The molecule has 1 N–H and O–H groups in total. The minimum absolute atomic E-state index is 0.385. The van der Waals surface area contributed by atoms with Gasteiger partial charge < -0.3 is 5.11 Å². The van der Waals surface area contributed by atoms with Crippen LogP contribution in [0.25, 0.3) is 0 Å². The van der Waals surface area contributed by atoms with Crippen LogP contribution in [0.5, 0.6) is 0 Å². The number of hydrogen-bond donors (Lipinski definition) is 1. The first-order valence-corrected chi connectivity index (χ1v) is 3.68. The number of allylic oxidation sites excluding steroid dienone is 2. The zero-order valence-corrected chi connectivity index (χ0v) is 6.79. The molecule has 0 amide bonds. The van der Waals surface area contributed by atoms with Crippen molar-refractivity contribution in [1.82, 2.24) is 0 Å². The van der Waals surface area contributed by atoms with E-state index in [0.29, 0.717) is 0 Å². The van der Waals surface area contributed by atoms with Crippen LogP contribution in [0, 0.1) is 5.92 Å². The van der Waals surface area contributed by atoms with E-state index in [-0.39, 0.29) is 5.92 Å². The second kappa shape index (κ2) is 2.91. The molecule has 0 radical (unpaired) electrons. The first kappa shape index (κ1) is 8.05. The molecule has 60 valence electrons. The summed E-state index contributed by atoms with van der Waals surface area (Å²) in [7, 11) is 0. The number of carboxylic acid groups (broad SMARTS) is 1. The lowest BCUT2D eigenvalue weighted by atomic mass is 9.91. The van der Waals surface area contributed by atoms with Crippen LogP contribution < -0.4 is 0 Å². The topological polar surface area (TPSA) is 37.3 Å². The fourth-order valence-corrected chi connectivity index (χ4v) is 1.20.